The fraction of sp³-hybridized carbons (Fsp3) is 1.00. The van der Waals surface area contributed by atoms with Crippen LogP contribution in [0.4, 0.5) is 0 Å². The van der Waals surface area contributed by atoms with Crippen LogP contribution in [0, 0.1) is 11.3 Å². The molecule has 0 N–H and O–H groups in total. The number of rotatable bonds is 5. The van der Waals surface area contributed by atoms with Gasteiger partial charge in [0.15, 0.2) is 0 Å². The zero-order valence-electron chi connectivity index (χ0n) is 15.6. The van der Waals surface area contributed by atoms with E-state index in [1.165, 1.54) is 6.42 Å². The summed E-state index contributed by atoms with van der Waals surface area (Å²) in [5, 5.41) is 0.459. The Kier molecular flexibility index (Phi) is 4.83. The molecule has 1 rings (SSSR count). The van der Waals surface area contributed by atoms with Gasteiger partial charge in [0.2, 0.25) is 0 Å². The first-order chi connectivity index (χ1) is 8.61. The maximum atomic E-state index is 6.42. The van der Waals surface area contributed by atoms with Crippen LogP contribution in [0.25, 0.3) is 0 Å². The molecule has 1 nitrogen and oxygen atoms in total. The lowest BCUT2D eigenvalue weighted by Crippen LogP contribution is -2.34. The smallest absolute Gasteiger partial charge is 0.124 e. The first-order valence-corrected chi connectivity index (χ1v) is 8.16. The van der Waals surface area contributed by atoms with Crippen LogP contribution in [0.15, 0.2) is 0 Å². The summed E-state index contributed by atoms with van der Waals surface area (Å²) in [5.74, 6) is 0.733. The fourth-order valence-electron chi connectivity index (χ4n) is 3.99. The van der Waals surface area contributed by atoms with E-state index in [1.54, 1.807) is 0 Å². The van der Waals surface area contributed by atoms with Gasteiger partial charge in [-0.3, -0.25) is 0 Å². The molecule has 0 amide bonds. The summed E-state index contributed by atoms with van der Waals surface area (Å²) in [6.45, 7) is 23.0. The summed E-state index contributed by atoms with van der Waals surface area (Å²) >= 11 is 0. The van der Waals surface area contributed by atoms with Crippen molar-refractivity contribution in [2.24, 2.45) is 11.3 Å². The molecule has 0 aromatic heterocycles. The van der Waals surface area contributed by atoms with Crippen molar-refractivity contribution in [2.45, 2.75) is 104 Å². The van der Waals surface area contributed by atoms with E-state index in [9.17, 15) is 0 Å². The minimum atomic E-state index is -0.0457. The second-order valence-corrected chi connectivity index (χ2v) is 10.3. The van der Waals surface area contributed by atoms with Crippen LogP contribution >= 0.6 is 0 Å². The van der Waals surface area contributed by atoms with Crippen LogP contribution in [-0.2, 0) is 4.74 Å². The number of ether oxygens (including phenoxy) is 1. The molecule has 0 aromatic carbocycles. The van der Waals surface area contributed by atoms with Crippen LogP contribution in [0.1, 0.15) is 82.1 Å². The van der Waals surface area contributed by atoms with Crippen molar-refractivity contribution in [1.82, 2.24) is 0 Å². The monoisotopic (exact) mass is 279 g/mol. The van der Waals surface area contributed by atoms with Gasteiger partial charge in [-0.2, -0.15) is 0 Å². The normalized spacial score (nSPS) is 24.7. The molecule has 0 aromatic rings. The van der Waals surface area contributed by atoms with Gasteiger partial charge in [0.05, 0.1) is 11.7 Å². The van der Waals surface area contributed by atoms with Crippen molar-refractivity contribution >= 4 is 7.28 Å². The van der Waals surface area contributed by atoms with Crippen molar-refractivity contribution < 1.29 is 4.74 Å². The average Bonchev–Trinajstić information content (AvgIpc) is 2.72. The van der Waals surface area contributed by atoms with Crippen molar-refractivity contribution in [3.05, 3.63) is 0 Å². The van der Waals surface area contributed by atoms with Crippen LogP contribution in [0.2, 0.25) is 10.6 Å². The highest BCUT2D eigenvalue weighted by Gasteiger charge is 2.49. The lowest BCUT2D eigenvalue weighted by molar-refractivity contribution is -0.0524. The molecule has 1 aliphatic carbocycles. The third kappa shape index (κ3) is 6.20. The van der Waals surface area contributed by atoms with Crippen molar-refractivity contribution in [1.29, 1.82) is 0 Å². The summed E-state index contributed by atoms with van der Waals surface area (Å²) in [6, 6.07) is 0. The van der Waals surface area contributed by atoms with E-state index in [4.69, 9.17) is 4.74 Å². The molecule has 1 saturated carbocycles. The Bertz CT molecular complexity index is 330. The molecular formula is C18H36BO. The van der Waals surface area contributed by atoms with E-state index >= 15 is 0 Å². The van der Waals surface area contributed by atoms with E-state index in [-0.39, 0.29) is 16.2 Å². The second kappa shape index (κ2) is 5.34. The Balaban J connectivity index is 2.54. The highest BCUT2D eigenvalue weighted by molar-refractivity contribution is 6.43. The van der Waals surface area contributed by atoms with E-state index in [1.807, 2.05) is 0 Å². The highest BCUT2D eigenvalue weighted by Crippen LogP contribution is 2.50. The van der Waals surface area contributed by atoms with Crippen molar-refractivity contribution in [3.63, 3.8) is 0 Å². The zero-order valence-corrected chi connectivity index (χ0v) is 15.6. The molecule has 1 radical (unpaired) electrons. The van der Waals surface area contributed by atoms with Crippen LogP contribution in [0.3, 0.4) is 0 Å². The van der Waals surface area contributed by atoms with Crippen LogP contribution in [-0.4, -0.2) is 19.0 Å². The molecule has 1 fully saturated rings. The molecule has 0 saturated heterocycles. The van der Waals surface area contributed by atoms with Crippen molar-refractivity contribution in [3.8, 4) is 0 Å². The largest absolute Gasteiger partial charge is 0.372 e. The average molecular weight is 279 g/mol. The molecule has 2 heteroatoms. The molecule has 117 valence electrons. The molecule has 0 heterocycles. The summed E-state index contributed by atoms with van der Waals surface area (Å²) < 4.78 is 6.42. The third-order valence-corrected chi connectivity index (χ3v) is 4.02. The summed E-state index contributed by atoms with van der Waals surface area (Å²) in [7, 11) is 2.47. The number of hydrogen-bond acceptors (Lipinski definition) is 1. The van der Waals surface area contributed by atoms with Crippen LogP contribution in [0.5, 0.6) is 0 Å². The quantitative estimate of drug-likeness (QED) is 0.584. The maximum absolute atomic E-state index is 6.42. The molecule has 0 spiro atoms. The van der Waals surface area contributed by atoms with Crippen molar-refractivity contribution in [2.75, 3.05) is 0 Å². The summed E-state index contributed by atoms with van der Waals surface area (Å²) in [6.07, 6.45) is 2.77. The lowest BCUT2D eigenvalue weighted by atomic mass is 9.40. The minimum absolute atomic E-state index is 0.0457. The Morgan fingerprint density at radius 2 is 1.40 bits per heavy atom. The van der Waals surface area contributed by atoms with Gasteiger partial charge in [0.1, 0.15) is 7.28 Å². The van der Waals surface area contributed by atoms with E-state index in [0.717, 1.165) is 12.3 Å². The standard InChI is InChI=1S/C18H36BO/c1-15(2,3)13-11-14(13)20-18(9,10)12-17(7,8)19-16(4,5)6/h13-14H,11-12H2,1-10H3. The summed E-state index contributed by atoms with van der Waals surface area (Å²) in [5.41, 5.74) is 0.337. The van der Waals surface area contributed by atoms with Gasteiger partial charge >= 0.3 is 0 Å². The maximum Gasteiger partial charge on any atom is 0.124 e. The molecule has 0 bridgehead atoms. The predicted molar refractivity (Wildman–Crippen MR) is 90.6 cm³/mol. The molecule has 0 aliphatic heterocycles. The van der Waals surface area contributed by atoms with E-state index < -0.39 is 0 Å². The van der Waals surface area contributed by atoms with Gasteiger partial charge in [0, 0.05) is 0 Å². The first kappa shape index (κ1) is 18.1. The van der Waals surface area contributed by atoms with Gasteiger partial charge in [-0.25, -0.2) is 0 Å². The Morgan fingerprint density at radius 3 is 1.75 bits per heavy atom. The molecule has 2 atom stereocenters. The van der Waals surface area contributed by atoms with Gasteiger partial charge in [0.25, 0.3) is 0 Å². The van der Waals surface area contributed by atoms with E-state index in [0.29, 0.717) is 11.5 Å². The van der Waals surface area contributed by atoms with E-state index in [2.05, 4.69) is 76.5 Å². The van der Waals surface area contributed by atoms with Gasteiger partial charge in [-0.05, 0) is 38.0 Å². The van der Waals surface area contributed by atoms with Gasteiger partial charge < -0.3 is 4.74 Å². The van der Waals surface area contributed by atoms with Gasteiger partial charge in [-0.15, -0.1) is 0 Å². The molecule has 20 heavy (non-hydrogen) atoms. The first-order valence-electron chi connectivity index (χ1n) is 8.16. The second-order valence-electron chi connectivity index (χ2n) is 10.3. The fourth-order valence-corrected chi connectivity index (χ4v) is 3.99. The summed E-state index contributed by atoms with van der Waals surface area (Å²) in [4.78, 5) is 0. The number of hydrogen-bond donors (Lipinski definition) is 0. The topological polar surface area (TPSA) is 9.23 Å². The Hall–Kier alpha value is 0.0249. The Labute approximate surface area is 128 Å². The molecule has 1 aliphatic rings. The highest BCUT2D eigenvalue weighted by atomic mass is 16.5. The lowest BCUT2D eigenvalue weighted by Gasteiger charge is -2.38. The Morgan fingerprint density at radius 1 is 0.900 bits per heavy atom. The zero-order chi connectivity index (χ0) is 16.0. The predicted octanol–water partition coefficient (Wildman–Crippen LogP) is 5.73. The van der Waals surface area contributed by atoms with Crippen LogP contribution < -0.4 is 0 Å². The van der Waals surface area contributed by atoms with Gasteiger partial charge in [-0.1, -0.05) is 66.0 Å². The molecular weight excluding hydrogens is 243 g/mol. The third-order valence-electron chi connectivity index (χ3n) is 4.02. The molecule has 2 unspecified atom stereocenters. The SMILES string of the molecule is CC(C)(C)[B]C(C)(C)CC(C)(C)OC1CC1C(C)(C)C. The minimum Gasteiger partial charge on any atom is -0.372 e.